The number of aromatic nitrogens is 1. The second-order valence-electron chi connectivity index (χ2n) is 5.54. The summed E-state index contributed by atoms with van der Waals surface area (Å²) >= 11 is 0. The third-order valence-corrected chi connectivity index (χ3v) is 5.66. The molecule has 0 radical (unpaired) electrons. The number of hydrogen-bond donors (Lipinski definition) is 1. The quantitative estimate of drug-likeness (QED) is 0.883. The number of para-hydroxylation sites is 1. The number of ether oxygens (including phenoxy) is 1. The van der Waals surface area contributed by atoms with Gasteiger partial charge in [-0.2, -0.15) is 0 Å². The maximum atomic E-state index is 12.3. The van der Waals surface area contributed by atoms with Crippen LogP contribution in [0.1, 0.15) is 29.6 Å². The van der Waals surface area contributed by atoms with Gasteiger partial charge in [0.05, 0.1) is 16.3 Å². The predicted octanol–water partition coefficient (Wildman–Crippen LogP) is 2.29. The van der Waals surface area contributed by atoms with Crippen LogP contribution in [0, 0.1) is 0 Å². The number of carbonyl (C=O) groups excluding carboxylic acids is 1. The van der Waals surface area contributed by atoms with E-state index in [9.17, 15) is 13.2 Å². The number of H-pyrrole nitrogens is 1. The topological polar surface area (TPSA) is 76.2 Å². The van der Waals surface area contributed by atoms with Gasteiger partial charge >= 0.3 is 5.97 Å². The molecule has 1 fully saturated rings. The van der Waals surface area contributed by atoms with Crippen molar-refractivity contribution in [3.8, 4) is 0 Å². The van der Waals surface area contributed by atoms with Crippen molar-refractivity contribution in [2.45, 2.75) is 30.6 Å². The van der Waals surface area contributed by atoms with Crippen LogP contribution in [0.5, 0.6) is 0 Å². The van der Waals surface area contributed by atoms with Crippen LogP contribution >= 0.6 is 0 Å². The SMILES string of the molecule is CS(=O)(=O)C1CCC(OC(=O)c2cccc3cc[nH]c23)C1. The van der Waals surface area contributed by atoms with Gasteiger partial charge in [0, 0.05) is 24.3 Å². The first-order chi connectivity index (χ1) is 9.95. The summed E-state index contributed by atoms with van der Waals surface area (Å²) in [6.45, 7) is 0. The number of nitrogens with one attached hydrogen (secondary N) is 1. The molecular weight excluding hydrogens is 290 g/mol. The minimum atomic E-state index is -3.06. The maximum Gasteiger partial charge on any atom is 0.340 e. The monoisotopic (exact) mass is 307 g/mol. The molecule has 1 aromatic heterocycles. The van der Waals surface area contributed by atoms with E-state index in [1.807, 2.05) is 12.1 Å². The van der Waals surface area contributed by atoms with Crippen molar-refractivity contribution in [1.29, 1.82) is 0 Å². The number of sulfone groups is 1. The van der Waals surface area contributed by atoms with Gasteiger partial charge in [-0.25, -0.2) is 13.2 Å². The summed E-state index contributed by atoms with van der Waals surface area (Å²) in [5, 5.41) is 0.557. The van der Waals surface area contributed by atoms with E-state index in [2.05, 4.69) is 4.98 Å². The van der Waals surface area contributed by atoms with Crippen LogP contribution in [0.3, 0.4) is 0 Å². The Labute approximate surface area is 123 Å². The number of benzene rings is 1. The van der Waals surface area contributed by atoms with E-state index in [0.29, 0.717) is 24.8 Å². The average molecular weight is 307 g/mol. The molecule has 0 aliphatic heterocycles. The third kappa shape index (κ3) is 2.81. The number of aromatic amines is 1. The van der Waals surface area contributed by atoms with Gasteiger partial charge in [-0.3, -0.25) is 0 Å². The van der Waals surface area contributed by atoms with Crippen LogP contribution < -0.4 is 0 Å². The summed E-state index contributed by atoms with van der Waals surface area (Å²) in [7, 11) is -3.06. The zero-order chi connectivity index (χ0) is 15.0. The van der Waals surface area contributed by atoms with Gasteiger partial charge in [0.25, 0.3) is 0 Å². The molecule has 0 spiro atoms. The Morgan fingerprint density at radius 1 is 1.29 bits per heavy atom. The summed E-state index contributed by atoms with van der Waals surface area (Å²) in [6.07, 6.45) is 4.25. The lowest BCUT2D eigenvalue weighted by atomic mass is 10.1. The Morgan fingerprint density at radius 3 is 2.81 bits per heavy atom. The van der Waals surface area contributed by atoms with Gasteiger partial charge in [0.1, 0.15) is 15.9 Å². The van der Waals surface area contributed by atoms with E-state index in [4.69, 9.17) is 4.74 Å². The van der Waals surface area contributed by atoms with Crippen LogP contribution in [-0.4, -0.2) is 37.0 Å². The molecule has 2 atom stereocenters. The standard InChI is InChI=1S/C15H17NO4S/c1-21(18,19)12-6-5-11(9-12)20-15(17)13-4-2-3-10-7-8-16-14(10)13/h2-4,7-8,11-12,16H,5-6,9H2,1H3. The molecule has 112 valence electrons. The van der Waals surface area contributed by atoms with E-state index in [1.54, 1.807) is 18.3 Å². The van der Waals surface area contributed by atoms with E-state index >= 15 is 0 Å². The van der Waals surface area contributed by atoms with Crippen LogP contribution in [-0.2, 0) is 14.6 Å². The van der Waals surface area contributed by atoms with Crippen LogP contribution in [0.25, 0.3) is 10.9 Å². The Balaban J connectivity index is 1.74. The van der Waals surface area contributed by atoms with Gasteiger partial charge in [-0.15, -0.1) is 0 Å². The lowest BCUT2D eigenvalue weighted by molar-refractivity contribution is 0.0320. The zero-order valence-corrected chi connectivity index (χ0v) is 12.5. The van der Waals surface area contributed by atoms with Crippen molar-refractivity contribution in [3.05, 3.63) is 36.0 Å². The minimum Gasteiger partial charge on any atom is -0.459 e. The normalized spacial score (nSPS) is 22.5. The molecule has 0 bridgehead atoms. The first-order valence-electron chi connectivity index (χ1n) is 6.91. The molecule has 1 saturated carbocycles. The Morgan fingerprint density at radius 2 is 2.10 bits per heavy atom. The Hall–Kier alpha value is -1.82. The number of fused-ring (bicyclic) bond motifs is 1. The van der Waals surface area contributed by atoms with Gasteiger partial charge < -0.3 is 9.72 Å². The van der Waals surface area contributed by atoms with Crippen LogP contribution in [0.4, 0.5) is 0 Å². The van der Waals surface area contributed by atoms with Crippen molar-refractivity contribution in [2.75, 3.05) is 6.26 Å². The smallest absolute Gasteiger partial charge is 0.340 e. The van der Waals surface area contributed by atoms with E-state index in [1.165, 1.54) is 6.26 Å². The summed E-state index contributed by atoms with van der Waals surface area (Å²) in [5.74, 6) is -0.401. The average Bonchev–Trinajstić information content (AvgIpc) is 3.05. The highest BCUT2D eigenvalue weighted by Gasteiger charge is 2.34. The van der Waals surface area contributed by atoms with Crippen LogP contribution in [0.2, 0.25) is 0 Å². The molecule has 1 heterocycles. The second kappa shape index (κ2) is 5.18. The molecule has 21 heavy (non-hydrogen) atoms. The second-order valence-corrected chi connectivity index (χ2v) is 7.87. The Kier molecular flexibility index (Phi) is 3.49. The summed E-state index contributed by atoms with van der Waals surface area (Å²) < 4.78 is 28.5. The van der Waals surface area contributed by atoms with Gasteiger partial charge in [-0.1, -0.05) is 12.1 Å². The molecule has 1 aliphatic rings. The van der Waals surface area contributed by atoms with Gasteiger partial charge in [-0.05, 0) is 25.0 Å². The molecule has 1 aromatic carbocycles. The number of carbonyl (C=O) groups is 1. The molecule has 0 amide bonds. The zero-order valence-electron chi connectivity index (χ0n) is 11.7. The fourth-order valence-corrected chi connectivity index (χ4v) is 3.99. The van der Waals surface area contributed by atoms with Crippen molar-refractivity contribution >= 4 is 26.7 Å². The highest BCUT2D eigenvalue weighted by molar-refractivity contribution is 7.91. The fraction of sp³-hybridized carbons (Fsp3) is 0.400. The summed E-state index contributed by atoms with van der Waals surface area (Å²) in [6, 6.07) is 7.32. The first kappa shape index (κ1) is 14.1. The fourth-order valence-electron chi connectivity index (χ4n) is 2.87. The first-order valence-corrected chi connectivity index (χ1v) is 8.86. The molecule has 5 nitrogen and oxygen atoms in total. The molecule has 1 N–H and O–H groups in total. The minimum absolute atomic E-state index is 0.317. The molecular formula is C15H17NO4S. The van der Waals surface area contributed by atoms with Gasteiger partial charge in [0.15, 0.2) is 0 Å². The predicted molar refractivity (Wildman–Crippen MR) is 80.0 cm³/mol. The van der Waals surface area contributed by atoms with Crippen LogP contribution in [0.15, 0.2) is 30.5 Å². The van der Waals surface area contributed by atoms with Crippen molar-refractivity contribution < 1.29 is 17.9 Å². The molecule has 2 unspecified atom stereocenters. The van der Waals surface area contributed by atoms with E-state index < -0.39 is 21.1 Å². The van der Waals surface area contributed by atoms with Crippen molar-refractivity contribution in [2.24, 2.45) is 0 Å². The lowest BCUT2D eigenvalue weighted by Gasteiger charge is -2.12. The highest BCUT2D eigenvalue weighted by atomic mass is 32.2. The van der Waals surface area contributed by atoms with E-state index in [-0.39, 0.29) is 6.10 Å². The maximum absolute atomic E-state index is 12.3. The highest BCUT2D eigenvalue weighted by Crippen LogP contribution is 2.28. The number of rotatable bonds is 3. The van der Waals surface area contributed by atoms with Crippen molar-refractivity contribution in [1.82, 2.24) is 4.98 Å². The molecule has 2 aromatic rings. The lowest BCUT2D eigenvalue weighted by Crippen LogP contribution is -2.20. The third-order valence-electron chi connectivity index (χ3n) is 4.02. The number of esters is 1. The molecule has 1 aliphatic carbocycles. The molecule has 0 saturated heterocycles. The summed E-state index contributed by atoms with van der Waals surface area (Å²) in [5.41, 5.74) is 1.24. The Bertz CT molecular complexity index is 778. The molecule has 6 heteroatoms. The molecule has 3 rings (SSSR count). The van der Waals surface area contributed by atoms with E-state index in [0.717, 1.165) is 10.9 Å². The van der Waals surface area contributed by atoms with Crippen molar-refractivity contribution in [3.63, 3.8) is 0 Å². The largest absolute Gasteiger partial charge is 0.459 e. The summed E-state index contributed by atoms with van der Waals surface area (Å²) in [4.78, 5) is 15.3. The number of hydrogen-bond acceptors (Lipinski definition) is 4. The van der Waals surface area contributed by atoms with Gasteiger partial charge in [0.2, 0.25) is 0 Å².